The highest BCUT2D eigenvalue weighted by atomic mass is 19.1. The molecule has 3 unspecified atom stereocenters. The fourth-order valence-electron chi connectivity index (χ4n) is 2.80. The van der Waals surface area contributed by atoms with Crippen molar-refractivity contribution in [2.75, 3.05) is 6.54 Å². The van der Waals surface area contributed by atoms with Gasteiger partial charge in [-0.05, 0) is 44.9 Å². The summed E-state index contributed by atoms with van der Waals surface area (Å²) in [6.45, 7) is 4.42. The van der Waals surface area contributed by atoms with Gasteiger partial charge < -0.3 is 5.11 Å². The number of hydrazine groups is 1. The Morgan fingerprint density at radius 3 is 2.60 bits per heavy atom. The number of piperidine rings is 1. The molecule has 20 heavy (non-hydrogen) atoms. The summed E-state index contributed by atoms with van der Waals surface area (Å²) in [5.41, 5.74) is 3.16. The molecule has 0 saturated carbocycles. The van der Waals surface area contributed by atoms with Gasteiger partial charge >= 0.3 is 0 Å². The molecule has 1 fully saturated rings. The predicted octanol–water partition coefficient (Wildman–Crippen LogP) is 2.77. The van der Waals surface area contributed by atoms with Gasteiger partial charge in [-0.3, -0.25) is 5.43 Å². The molecule has 1 saturated heterocycles. The third kappa shape index (κ3) is 3.53. The van der Waals surface area contributed by atoms with E-state index >= 15 is 0 Å². The van der Waals surface area contributed by atoms with Crippen LogP contribution in [0.5, 0.6) is 0 Å². The van der Waals surface area contributed by atoms with E-state index in [9.17, 15) is 13.9 Å². The van der Waals surface area contributed by atoms with Crippen molar-refractivity contribution in [2.24, 2.45) is 0 Å². The summed E-state index contributed by atoms with van der Waals surface area (Å²) in [5.74, 6) is -1.12. The molecule has 2 rings (SSSR count). The highest BCUT2D eigenvalue weighted by Crippen LogP contribution is 2.22. The number of nitrogens with one attached hydrogen (secondary N) is 1. The van der Waals surface area contributed by atoms with Gasteiger partial charge in [-0.25, -0.2) is 13.8 Å². The van der Waals surface area contributed by atoms with Gasteiger partial charge in [0.2, 0.25) is 0 Å². The van der Waals surface area contributed by atoms with Gasteiger partial charge in [-0.1, -0.05) is 6.42 Å². The second-order valence-electron chi connectivity index (χ2n) is 5.58. The van der Waals surface area contributed by atoms with E-state index in [1.807, 2.05) is 0 Å². The second kappa shape index (κ2) is 6.61. The Balaban J connectivity index is 1.97. The third-order valence-electron chi connectivity index (χ3n) is 3.98. The van der Waals surface area contributed by atoms with Crippen LogP contribution in [-0.2, 0) is 0 Å². The van der Waals surface area contributed by atoms with E-state index < -0.39 is 17.7 Å². The Hall–Kier alpha value is -1.04. The smallest absolute Gasteiger partial charge is 0.129 e. The summed E-state index contributed by atoms with van der Waals surface area (Å²) in [7, 11) is 0. The molecule has 3 atom stereocenters. The molecule has 5 heteroatoms. The van der Waals surface area contributed by atoms with E-state index in [4.69, 9.17) is 0 Å². The van der Waals surface area contributed by atoms with E-state index in [0.717, 1.165) is 31.0 Å². The molecule has 0 aliphatic carbocycles. The first kappa shape index (κ1) is 15.4. The minimum absolute atomic E-state index is 0.00480. The van der Waals surface area contributed by atoms with Gasteiger partial charge in [0.25, 0.3) is 0 Å². The van der Waals surface area contributed by atoms with Crippen LogP contribution in [0, 0.1) is 11.6 Å². The quantitative estimate of drug-likeness (QED) is 0.892. The molecule has 112 valence electrons. The summed E-state index contributed by atoms with van der Waals surface area (Å²) >= 11 is 0. The van der Waals surface area contributed by atoms with Crippen molar-refractivity contribution >= 4 is 0 Å². The maximum absolute atomic E-state index is 13.6. The molecule has 1 aliphatic heterocycles. The minimum atomic E-state index is -1.06. The molecule has 0 bridgehead atoms. The zero-order valence-electron chi connectivity index (χ0n) is 11.9. The van der Waals surface area contributed by atoms with Gasteiger partial charge in [-0.2, -0.15) is 0 Å². The number of hydrogen-bond donors (Lipinski definition) is 2. The van der Waals surface area contributed by atoms with E-state index in [0.29, 0.717) is 12.1 Å². The van der Waals surface area contributed by atoms with Crippen LogP contribution in [0.15, 0.2) is 18.2 Å². The van der Waals surface area contributed by atoms with E-state index in [1.54, 1.807) is 0 Å². The first-order chi connectivity index (χ1) is 9.49. The van der Waals surface area contributed by atoms with Crippen molar-refractivity contribution in [1.82, 2.24) is 10.4 Å². The molecule has 2 N–H and O–H groups in total. The number of hydrogen-bond acceptors (Lipinski definition) is 3. The van der Waals surface area contributed by atoms with Crippen molar-refractivity contribution in [3.63, 3.8) is 0 Å². The van der Waals surface area contributed by atoms with Crippen molar-refractivity contribution < 1.29 is 13.9 Å². The van der Waals surface area contributed by atoms with Crippen LogP contribution < -0.4 is 5.43 Å². The van der Waals surface area contributed by atoms with Gasteiger partial charge in [-0.15, -0.1) is 0 Å². The van der Waals surface area contributed by atoms with Gasteiger partial charge in [0.1, 0.15) is 11.6 Å². The van der Waals surface area contributed by atoms with Crippen LogP contribution >= 0.6 is 0 Å². The zero-order chi connectivity index (χ0) is 14.7. The maximum Gasteiger partial charge on any atom is 0.129 e. The van der Waals surface area contributed by atoms with Gasteiger partial charge in [0.15, 0.2) is 0 Å². The standard InChI is InChI=1S/C15H22F2N2O/c1-10-4-3-5-11(2)19(10)18-9-15(20)13-8-12(16)6-7-14(13)17/h6-8,10-11,15,18,20H,3-5,9H2,1-2H3. The molecule has 0 radical (unpaired) electrons. The first-order valence-electron chi connectivity index (χ1n) is 7.14. The van der Waals surface area contributed by atoms with Crippen LogP contribution in [0.1, 0.15) is 44.8 Å². The monoisotopic (exact) mass is 284 g/mol. The Labute approximate surface area is 118 Å². The molecule has 0 spiro atoms. The third-order valence-corrected chi connectivity index (χ3v) is 3.98. The average Bonchev–Trinajstić information content (AvgIpc) is 2.40. The van der Waals surface area contributed by atoms with Crippen molar-refractivity contribution in [3.8, 4) is 0 Å². The number of benzene rings is 1. The summed E-state index contributed by atoms with van der Waals surface area (Å²) < 4.78 is 26.7. The maximum atomic E-state index is 13.6. The van der Waals surface area contributed by atoms with Crippen LogP contribution in [0.2, 0.25) is 0 Å². The summed E-state index contributed by atoms with van der Waals surface area (Å²) in [6, 6.07) is 3.89. The number of aliphatic hydroxyl groups is 1. The molecule has 1 aromatic rings. The second-order valence-corrected chi connectivity index (χ2v) is 5.58. The average molecular weight is 284 g/mol. The van der Waals surface area contributed by atoms with Crippen molar-refractivity contribution in [2.45, 2.75) is 51.3 Å². The van der Waals surface area contributed by atoms with E-state index in [2.05, 4.69) is 24.3 Å². The lowest BCUT2D eigenvalue weighted by Crippen LogP contribution is -2.53. The molecule has 0 amide bonds. The largest absolute Gasteiger partial charge is 0.387 e. The molecular formula is C15H22F2N2O. The lowest BCUT2D eigenvalue weighted by molar-refractivity contribution is 0.0256. The number of halogens is 2. The summed E-state index contributed by atoms with van der Waals surface area (Å²) in [6.07, 6.45) is 2.33. The highest BCUT2D eigenvalue weighted by Gasteiger charge is 2.25. The van der Waals surface area contributed by atoms with Crippen LogP contribution in [-0.4, -0.2) is 28.7 Å². The van der Waals surface area contributed by atoms with Crippen LogP contribution in [0.4, 0.5) is 8.78 Å². The minimum Gasteiger partial charge on any atom is -0.387 e. The van der Waals surface area contributed by atoms with Crippen molar-refractivity contribution in [1.29, 1.82) is 0 Å². The SMILES string of the molecule is CC1CCCC(C)N1NCC(O)c1cc(F)ccc1F. The van der Waals surface area contributed by atoms with Gasteiger partial charge in [0, 0.05) is 24.2 Å². The molecule has 3 nitrogen and oxygen atoms in total. The Bertz CT molecular complexity index is 445. The first-order valence-corrected chi connectivity index (χ1v) is 7.14. The fraction of sp³-hybridized carbons (Fsp3) is 0.600. The Morgan fingerprint density at radius 2 is 1.95 bits per heavy atom. The predicted molar refractivity (Wildman–Crippen MR) is 73.9 cm³/mol. The molecule has 0 aromatic heterocycles. The fourth-order valence-corrected chi connectivity index (χ4v) is 2.80. The molecule has 1 aliphatic rings. The normalized spacial score (nSPS) is 25.6. The van der Waals surface area contributed by atoms with Gasteiger partial charge in [0.05, 0.1) is 6.10 Å². The van der Waals surface area contributed by atoms with Crippen molar-refractivity contribution in [3.05, 3.63) is 35.4 Å². The number of rotatable bonds is 4. The number of aliphatic hydroxyl groups excluding tert-OH is 1. The summed E-state index contributed by atoms with van der Waals surface area (Å²) in [4.78, 5) is 0. The molecular weight excluding hydrogens is 262 g/mol. The molecule has 1 aromatic carbocycles. The van der Waals surface area contributed by atoms with Crippen LogP contribution in [0.3, 0.4) is 0 Å². The zero-order valence-corrected chi connectivity index (χ0v) is 11.9. The lowest BCUT2D eigenvalue weighted by atomic mass is 10.00. The number of nitrogens with zero attached hydrogens (tertiary/aromatic N) is 1. The van der Waals surface area contributed by atoms with E-state index in [-0.39, 0.29) is 12.1 Å². The summed E-state index contributed by atoms with van der Waals surface area (Å²) in [5, 5.41) is 12.1. The van der Waals surface area contributed by atoms with E-state index in [1.165, 1.54) is 6.42 Å². The Morgan fingerprint density at radius 1 is 1.30 bits per heavy atom. The topological polar surface area (TPSA) is 35.5 Å². The molecule has 1 heterocycles. The lowest BCUT2D eigenvalue weighted by Gasteiger charge is -2.39. The van der Waals surface area contributed by atoms with Crippen LogP contribution in [0.25, 0.3) is 0 Å². The Kier molecular flexibility index (Phi) is 5.07. The highest BCUT2D eigenvalue weighted by molar-refractivity contribution is 5.21.